The third-order valence-electron chi connectivity index (χ3n) is 4.03. The van der Waals surface area contributed by atoms with Crippen LogP contribution < -0.4 is 9.64 Å². The standard InChI is InChI=1S/C17H19N5O/c1-13-3-2-4-16(21-13)23-12-14-5-9-22(10-6-14)17-15(11-18)19-7-8-20-17/h2-4,7-8,14H,5-6,9-10,12H2,1H3. The van der Waals surface area contributed by atoms with E-state index in [2.05, 4.69) is 25.9 Å². The zero-order valence-corrected chi connectivity index (χ0v) is 13.1. The van der Waals surface area contributed by atoms with E-state index in [4.69, 9.17) is 10.00 Å². The predicted octanol–water partition coefficient (Wildman–Crippen LogP) is 2.35. The fourth-order valence-electron chi connectivity index (χ4n) is 2.75. The van der Waals surface area contributed by atoms with Gasteiger partial charge in [0.1, 0.15) is 6.07 Å². The van der Waals surface area contributed by atoms with Gasteiger partial charge in [-0.3, -0.25) is 0 Å². The number of nitrogens with zero attached hydrogens (tertiary/aromatic N) is 5. The molecule has 6 heteroatoms. The van der Waals surface area contributed by atoms with Gasteiger partial charge in [0.2, 0.25) is 5.88 Å². The van der Waals surface area contributed by atoms with Crippen LogP contribution >= 0.6 is 0 Å². The van der Waals surface area contributed by atoms with E-state index in [-0.39, 0.29) is 0 Å². The lowest BCUT2D eigenvalue weighted by Gasteiger charge is -2.32. The molecule has 2 aromatic rings. The summed E-state index contributed by atoms with van der Waals surface area (Å²) < 4.78 is 5.80. The van der Waals surface area contributed by atoms with Crippen LogP contribution in [-0.4, -0.2) is 34.6 Å². The van der Waals surface area contributed by atoms with Crippen molar-refractivity contribution in [3.05, 3.63) is 42.0 Å². The van der Waals surface area contributed by atoms with Gasteiger partial charge in [0.15, 0.2) is 11.5 Å². The van der Waals surface area contributed by atoms with Gasteiger partial charge in [-0.2, -0.15) is 5.26 Å². The van der Waals surface area contributed by atoms with Gasteiger partial charge in [-0.05, 0) is 31.7 Å². The lowest BCUT2D eigenvalue weighted by Crippen LogP contribution is -2.36. The number of hydrogen-bond acceptors (Lipinski definition) is 6. The number of aryl methyl sites for hydroxylation is 1. The second-order valence-electron chi connectivity index (χ2n) is 5.70. The molecule has 0 unspecified atom stereocenters. The molecule has 0 N–H and O–H groups in total. The predicted molar refractivity (Wildman–Crippen MR) is 86.2 cm³/mol. The average molecular weight is 309 g/mol. The lowest BCUT2D eigenvalue weighted by molar-refractivity contribution is 0.215. The van der Waals surface area contributed by atoms with Gasteiger partial charge in [0.25, 0.3) is 0 Å². The first kappa shape index (κ1) is 15.2. The number of rotatable bonds is 4. The topological polar surface area (TPSA) is 74.9 Å². The van der Waals surface area contributed by atoms with E-state index >= 15 is 0 Å². The average Bonchev–Trinajstić information content (AvgIpc) is 2.60. The summed E-state index contributed by atoms with van der Waals surface area (Å²) in [6, 6.07) is 7.91. The van der Waals surface area contributed by atoms with Gasteiger partial charge < -0.3 is 9.64 Å². The van der Waals surface area contributed by atoms with Crippen LogP contribution in [0.2, 0.25) is 0 Å². The molecule has 0 aromatic carbocycles. The molecule has 0 spiro atoms. The molecule has 0 bridgehead atoms. The fourth-order valence-corrected chi connectivity index (χ4v) is 2.75. The Morgan fingerprint density at radius 1 is 1.26 bits per heavy atom. The number of hydrogen-bond donors (Lipinski definition) is 0. The van der Waals surface area contributed by atoms with Crippen molar-refractivity contribution >= 4 is 5.82 Å². The summed E-state index contributed by atoms with van der Waals surface area (Å²) >= 11 is 0. The van der Waals surface area contributed by atoms with Crippen molar-refractivity contribution in [1.29, 1.82) is 5.26 Å². The third-order valence-corrected chi connectivity index (χ3v) is 4.03. The van der Waals surface area contributed by atoms with E-state index in [0.29, 0.717) is 29.9 Å². The van der Waals surface area contributed by atoms with Crippen molar-refractivity contribution in [3.8, 4) is 11.9 Å². The van der Waals surface area contributed by atoms with E-state index in [1.54, 1.807) is 12.4 Å². The summed E-state index contributed by atoms with van der Waals surface area (Å²) in [5.74, 6) is 1.87. The molecule has 1 aliphatic rings. The van der Waals surface area contributed by atoms with E-state index in [0.717, 1.165) is 31.6 Å². The number of aromatic nitrogens is 3. The Morgan fingerprint density at radius 2 is 2.04 bits per heavy atom. The smallest absolute Gasteiger partial charge is 0.213 e. The molecular formula is C17H19N5O. The molecule has 1 aliphatic heterocycles. The van der Waals surface area contributed by atoms with Crippen molar-refractivity contribution in [3.63, 3.8) is 0 Å². The normalized spacial score (nSPS) is 15.2. The fraction of sp³-hybridized carbons (Fsp3) is 0.412. The summed E-state index contributed by atoms with van der Waals surface area (Å²) in [5.41, 5.74) is 1.36. The summed E-state index contributed by atoms with van der Waals surface area (Å²) in [6.45, 7) is 4.36. The van der Waals surface area contributed by atoms with Crippen molar-refractivity contribution < 1.29 is 4.74 Å². The third kappa shape index (κ3) is 3.75. The van der Waals surface area contributed by atoms with Gasteiger partial charge in [-0.25, -0.2) is 15.0 Å². The second-order valence-corrected chi connectivity index (χ2v) is 5.70. The maximum atomic E-state index is 9.13. The van der Waals surface area contributed by atoms with Crippen LogP contribution in [0, 0.1) is 24.2 Å². The zero-order chi connectivity index (χ0) is 16.1. The molecule has 2 aromatic heterocycles. The van der Waals surface area contributed by atoms with Gasteiger partial charge in [0, 0.05) is 37.2 Å². The second kappa shape index (κ2) is 7.05. The lowest BCUT2D eigenvalue weighted by atomic mass is 9.98. The minimum atomic E-state index is 0.395. The largest absolute Gasteiger partial charge is 0.477 e. The van der Waals surface area contributed by atoms with E-state index in [9.17, 15) is 0 Å². The molecule has 3 rings (SSSR count). The highest BCUT2D eigenvalue weighted by Crippen LogP contribution is 2.23. The van der Waals surface area contributed by atoms with Gasteiger partial charge in [0.05, 0.1) is 6.61 Å². The highest BCUT2D eigenvalue weighted by Gasteiger charge is 2.23. The number of piperidine rings is 1. The van der Waals surface area contributed by atoms with Gasteiger partial charge in [-0.1, -0.05) is 6.07 Å². The number of ether oxygens (including phenoxy) is 1. The first-order chi connectivity index (χ1) is 11.3. The molecule has 0 aliphatic carbocycles. The van der Waals surface area contributed by atoms with Crippen molar-refractivity contribution in [2.75, 3.05) is 24.6 Å². The maximum absolute atomic E-state index is 9.13. The quantitative estimate of drug-likeness (QED) is 0.863. The van der Waals surface area contributed by atoms with E-state index in [1.165, 1.54) is 0 Å². The Balaban J connectivity index is 1.53. The number of pyridine rings is 1. The van der Waals surface area contributed by atoms with Crippen molar-refractivity contribution in [2.45, 2.75) is 19.8 Å². The molecule has 23 heavy (non-hydrogen) atoms. The molecule has 1 fully saturated rings. The summed E-state index contributed by atoms with van der Waals surface area (Å²) in [7, 11) is 0. The summed E-state index contributed by atoms with van der Waals surface area (Å²) in [4.78, 5) is 14.9. The van der Waals surface area contributed by atoms with Crippen LogP contribution in [0.5, 0.6) is 5.88 Å². The zero-order valence-electron chi connectivity index (χ0n) is 13.1. The van der Waals surface area contributed by atoms with Crippen molar-refractivity contribution in [2.24, 2.45) is 5.92 Å². The van der Waals surface area contributed by atoms with Crippen LogP contribution in [0.1, 0.15) is 24.2 Å². The first-order valence-corrected chi connectivity index (χ1v) is 7.79. The summed E-state index contributed by atoms with van der Waals surface area (Å²) in [5, 5.41) is 9.13. The molecule has 0 atom stereocenters. The highest BCUT2D eigenvalue weighted by molar-refractivity contribution is 5.49. The van der Waals surface area contributed by atoms with Crippen LogP contribution in [0.15, 0.2) is 30.6 Å². The Kier molecular flexibility index (Phi) is 4.67. The van der Waals surface area contributed by atoms with Crippen molar-refractivity contribution in [1.82, 2.24) is 15.0 Å². The molecule has 1 saturated heterocycles. The SMILES string of the molecule is Cc1cccc(OCC2CCN(c3nccnc3C#N)CC2)n1. The minimum absolute atomic E-state index is 0.395. The minimum Gasteiger partial charge on any atom is -0.477 e. The van der Waals surface area contributed by atoms with Crippen LogP contribution in [0.3, 0.4) is 0 Å². The van der Waals surface area contributed by atoms with Crippen LogP contribution in [0.25, 0.3) is 0 Å². The molecule has 0 radical (unpaired) electrons. The number of anilines is 1. The van der Waals surface area contributed by atoms with Gasteiger partial charge in [-0.15, -0.1) is 0 Å². The van der Waals surface area contributed by atoms with Crippen LogP contribution in [0.4, 0.5) is 5.82 Å². The molecule has 0 amide bonds. The molecule has 6 nitrogen and oxygen atoms in total. The molecular weight excluding hydrogens is 290 g/mol. The summed E-state index contributed by atoms with van der Waals surface area (Å²) in [6.07, 6.45) is 5.20. The Labute approximate surface area is 135 Å². The monoisotopic (exact) mass is 309 g/mol. The first-order valence-electron chi connectivity index (χ1n) is 7.79. The highest BCUT2D eigenvalue weighted by atomic mass is 16.5. The molecule has 0 saturated carbocycles. The van der Waals surface area contributed by atoms with Gasteiger partial charge >= 0.3 is 0 Å². The molecule has 118 valence electrons. The maximum Gasteiger partial charge on any atom is 0.213 e. The Morgan fingerprint density at radius 3 is 2.78 bits per heavy atom. The van der Waals surface area contributed by atoms with E-state index < -0.39 is 0 Å². The Bertz CT molecular complexity index is 704. The Hall–Kier alpha value is -2.68. The number of nitriles is 1. The van der Waals surface area contributed by atoms with Crippen LogP contribution in [-0.2, 0) is 0 Å². The molecule has 3 heterocycles. The van der Waals surface area contributed by atoms with E-state index in [1.807, 2.05) is 25.1 Å².